The summed E-state index contributed by atoms with van der Waals surface area (Å²) in [7, 11) is 0. The van der Waals surface area contributed by atoms with E-state index in [2.05, 4.69) is 44.4 Å². The van der Waals surface area contributed by atoms with Crippen LogP contribution < -0.4 is 0 Å². The summed E-state index contributed by atoms with van der Waals surface area (Å²) < 4.78 is 0. The molecule has 1 amide bonds. The minimum absolute atomic E-state index is 0.0435. The van der Waals surface area contributed by atoms with E-state index in [1.165, 1.54) is 19.3 Å². The molecule has 41 heavy (non-hydrogen) atoms. The molecule has 1 aliphatic heterocycles. The molecule has 1 saturated heterocycles. The van der Waals surface area contributed by atoms with Gasteiger partial charge in [-0.2, -0.15) is 0 Å². The van der Waals surface area contributed by atoms with Crippen LogP contribution in [0.1, 0.15) is 106 Å². The molecular weight excluding hydrogens is 508 g/mol. The zero-order chi connectivity index (χ0) is 29.4. The third-order valence-electron chi connectivity index (χ3n) is 14.7. The summed E-state index contributed by atoms with van der Waals surface area (Å²) >= 11 is 0. The first-order valence-electron chi connectivity index (χ1n) is 16.4. The normalized spacial score (nSPS) is 47.3. The van der Waals surface area contributed by atoms with Crippen LogP contribution in [0.2, 0.25) is 0 Å². The molecule has 0 aromatic rings. The number of amides is 1. The average Bonchev–Trinajstić information content (AvgIpc) is 2.85. The van der Waals surface area contributed by atoms with Gasteiger partial charge in [0.25, 0.3) is 0 Å². The molecule has 7 rings (SSSR count). The third kappa shape index (κ3) is 3.32. The van der Waals surface area contributed by atoms with Gasteiger partial charge in [-0.25, -0.2) is 4.85 Å². The molecule has 0 radical (unpaired) electrons. The van der Waals surface area contributed by atoms with Crippen LogP contribution in [-0.2, 0) is 14.4 Å². The lowest BCUT2D eigenvalue weighted by atomic mass is 9.34. The van der Waals surface area contributed by atoms with Gasteiger partial charge >= 0.3 is 0 Å². The first kappa shape index (κ1) is 27.6. The Balaban J connectivity index is 1.32. The van der Waals surface area contributed by atoms with Crippen LogP contribution >= 0.6 is 0 Å². The van der Waals surface area contributed by atoms with E-state index in [9.17, 15) is 14.4 Å². The topological polar surface area (TPSA) is 58.8 Å². The molecule has 6 aliphatic carbocycles. The van der Waals surface area contributed by atoms with Crippen molar-refractivity contribution in [3.8, 4) is 0 Å². The molecule has 0 N–H and O–H groups in total. The lowest BCUT2D eigenvalue weighted by Gasteiger charge is -2.69. The summed E-state index contributed by atoms with van der Waals surface area (Å²) in [5.74, 6) is 0.289. The zero-order valence-corrected chi connectivity index (χ0v) is 26.1. The van der Waals surface area contributed by atoms with Gasteiger partial charge < -0.3 is 9.69 Å². The first-order valence-corrected chi connectivity index (χ1v) is 16.4. The maximum absolute atomic E-state index is 14.6. The molecule has 1 heterocycles. The number of ketones is 2. The Kier molecular flexibility index (Phi) is 5.54. The minimum Gasteiger partial charge on any atom is -0.341 e. The number of nitrogens with zero attached hydrogens (tertiary/aromatic N) is 2. The Hall–Kier alpha value is -2.22. The van der Waals surface area contributed by atoms with Gasteiger partial charge in [0.1, 0.15) is 0 Å². The van der Waals surface area contributed by atoms with Crippen molar-refractivity contribution in [3.05, 3.63) is 34.8 Å². The smallest absolute Gasteiger partial charge is 0.229 e. The van der Waals surface area contributed by atoms with Crippen LogP contribution in [0.4, 0.5) is 0 Å². The standard InChI is InChI=1S/C36H48N2O3/c1-22-23-9-12-33(5)27(32(23,4)19-25(37-7)29(22)40)17-26(39)28-24-18-31(2,3)13-15-36(24,16-14-34(28,33)6)30(41)38-20-35(21-38)10-8-11-35/h17,19,22-24,28H,8-16,18,20-21H2,1-6H3/t22-,23-,24-,28-,32-,33+,34+,36-/m0/s1. The second kappa shape index (κ2) is 8.23. The lowest BCUT2D eigenvalue weighted by Crippen LogP contribution is -2.69. The van der Waals surface area contributed by atoms with Crippen LogP contribution in [0.25, 0.3) is 4.85 Å². The van der Waals surface area contributed by atoms with Crippen LogP contribution in [0, 0.1) is 62.7 Å². The number of likely N-dealkylation sites (tertiary alicyclic amines) is 1. The number of carbonyl (C=O) groups excluding carboxylic acids is 3. The van der Waals surface area contributed by atoms with E-state index >= 15 is 0 Å². The highest BCUT2D eigenvalue weighted by atomic mass is 16.2. The zero-order valence-electron chi connectivity index (χ0n) is 26.1. The second-order valence-electron chi connectivity index (χ2n) is 17.1. The lowest BCUT2D eigenvalue weighted by molar-refractivity contribution is -0.193. The Morgan fingerprint density at radius 2 is 1.63 bits per heavy atom. The predicted molar refractivity (Wildman–Crippen MR) is 158 cm³/mol. The van der Waals surface area contributed by atoms with Crippen molar-refractivity contribution in [2.24, 2.45) is 56.2 Å². The van der Waals surface area contributed by atoms with Crippen LogP contribution in [-0.4, -0.2) is 35.5 Å². The van der Waals surface area contributed by atoms with Gasteiger partial charge in [-0.05, 0) is 91.9 Å². The Labute approximate surface area is 246 Å². The highest BCUT2D eigenvalue weighted by molar-refractivity contribution is 6.01. The van der Waals surface area contributed by atoms with E-state index in [0.717, 1.165) is 63.6 Å². The van der Waals surface area contributed by atoms with Gasteiger partial charge in [0, 0.05) is 35.8 Å². The molecular formula is C36H48N2O3. The Bertz CT molecular complexity index is 1350. The summed E-state index contributed by atoms with van der Waals surface area (Å²) in [6.07, 6.45) is 14.2. The average molecular weight is 557 g/mol. The van der Waals surface area contributed by atoms with E-state index in [1.54, 1.807) is 0 Å². The highest BCUT2D eigenvalue weighted by Crippen LogP contribution is 2.74. The summed E-state index contributed by atoms with van der Waals surface area (Å²) in [4.78, 5) is 48.0. The molecule has 5 nitrogen and oxygen atoms in total. The molecule has 220 valence electrons. The van der Waals surface area contributed by atoms with Crippen molar-refractivity contribution < 1.29 is 14.4 Å². The van der Waals surface area contributed by atoms with Gasteiger partial charge in [0.2, 0.25) is 11.6 Å². The van der Waals surface area contributed by atoms with Gasteiger partial charge in [-0.1, -0.05) is 59.6 Å². The third-order valence-corrected chi connectivity index (χ3v) is 14.7. The van der Waals surface area contributed by atoms with Crippen molar-refractivity contribution in [2.75, 3.05) is 13.1 Å². The number of fused-ring (bicyclic) bond motifs is 7. The largest absolute Gasteiger partial charge is 0.341 e. The van der Waals surface area contributed by atoms with E-state index in [4.69, 9.17) is 6.57 Å². The number of carbonyl (C=O) groups is 3. The van der Waals surface area contributed by atoms with Crippen molar-refractivity contribution in [1.82, 2.24) is 4.90 Å². The van der Waals surface area contributed by atoms with E-state index in [1.807, 2.05) is 19.1 Å². The molecule has 0 aromatic carbocycles. The summed E-state index contributed by atoms with van der Waals surface area (Å²) in [6, 6.07) is 0. The van der Waals surface area contributed by atoms with Crippen molar-refractivity contribution in [1.29, 1.82) is 0 Å². The molecule has 0 unspecified atom stereocenters. The number of allylic oxidation sites excluding steroid dienone is 4. The number of Topliss-reactive ketones (excluding diaryl/α,β-unsaturated/α-hetero) is 1. The molecule has 1 spiro atoms. The van der Waals surface area contributed by atoms with Gasteiger partial charge in [-0.15, -0.1) is 0 Å². The molecule has 4 saturated carbocycles. The molecule has 5 fully saturated rings. The summed E-state index contributed by atoms with van der Waals surface area (Å²) in [5, 5.41) is 0. The second-order valence-corrected chi connectivity index (χ2v) is 17.1. The minimum atomic E-state index is -0.477. The van der Waals surface area contributed by atoms with Crippen LogP contribution in [0.3, 0.4) is 0 Å². The molecule has 7 aliphatic rings. The number of rotatable bonds is 1. The molecule has 0 aromatic heterocycles. The fourth-order valence-corrected chi connectivity index (χ4v) is 11.8. The number of hydrogen-bond donors (Lipinski definition) is 0. The highest BCUT2D eigenvalue weighted by Gasteiger charge is 2.70. The van der Waals surface area contributed by atoms with E-state index in [-0.39, 0.29) is 57.2 Å². The van der Waals surface area contributed by atoms with Crippen molar-refractivity contribution in [3.63, 3.8) is 0 Å². The van der Waals surface area contributed by atoms with Gasteiger partial charge in [0.05, 0.1) is 12.0 Å². The van der Waals surface area contributed by atoms with Crippen molar-refractivity contribution in [2.45, 2.75) is 106 Å². The Morgan fingerprint density at radius 3 is 2.27 bits per heavy atom. The fourth-order valence-electron chi connectivity index (χ4n) is 11.8. The number of hydrogen-bond acceptors (Lipinski definition) is 3. The Morgan fingerprint density at radius 1 is 0.951 bits per heavy atom. The molecule has 5 heteroatoms. The van der Waals surface area contributed by atoms with Crippen molar-refractivity contribution >= 4 is 17.5 Å². The molecule has 0 bridgehead atoms. The SMILES string of the molecule is [C-]#[N+]C1=C[C@]2(C)C3=CC(=O)[C@@H]4[C@@H]5CC(C)(C)CC[C@]5(C(=O)N5CC6(CCC6)C5)CC[C@@]4(C)[C@]3(C)CC[C@H]2[C@H](C)C1=O. The first-order chi connectivity index (χ1) is 19.2. The van der Waals surface area contributed by atoms with Crippen LogP contribution in [0.15, 0.2) is 23.4 Å². The maximum atomic E-state index is 14.6. The summed E-state index contributed by atoms with van der Waals surface area (Å²) in [5.41, 5.74) is 0.514. The van der Waals surface area contributed by atoms with Crippen LogP contribution in [0.5, 0.6) is 0 Å². The fraction of sp³-hybridized carbons (Fsp3) is 0.778. The molecule has 8 atom stereocenters. The predicted octanol–water partition coefficient (Wildman–Crippen LogP) is 7.18. The van der Waals surface area contributed by atoms with E-state index < -0.39 is 10.8 Å². The maximum Gasteiger partial charge on any atom is 0.229 e. The van der Waals surface area contributed by atoms with E-state index in [0.29, 0.717) is 11.3 Å². The van der Waals surface area contributed by atoms with Gasteiger partial charge in [0.15, 0.2) is 11.6 Å². The summed E-state index contributed by atoms with van der Waals surface area (Å²) in [6.45, 7) is 23.2. The quantitative estimate of drug-likeness (QED) is 0.322. The van der Waals surface area contributed by atoms with Gasteiger partial charge in [-0.3, -0.25) is 9.59 Å². The monoisotopic (exact) mass is 556 g/mol.